The topological polar surface area (TPSA) is 54.2 Å². The van der Waals surface area contributed by atoms with E-state index in [-0.39, 0.29) is 29.8 Å². The quantitative estimate of drug-likeness (QED) is 0.291. The van der Waals surface area contributed by atoms with Gasteiger partial charge in [0.15, 0.2) is 5.96 Å². The van der Waals surface area contributed by atoms with Crippen molar-refractivity contribution in [3.8, 4) is 5.69 Å². The third-order valence-electron chi connectivity index (χ3n) is 4.39. The molecule has 2 aromatic heterocycles. The van der Waals surface area contributed by atoms with Crippen LogP contribution in [0.2, 0.25) is 0 Å². The minimum atomic E-state index is -0.273. The standard InChI is InChI=1S/C20H24FN5S.HI/c1-14(19-5-4-10-27-19)12-24-20(22-3)25-13-16-6-7-18(17(21)11-16)26-9-8-23-15(26)2;/h4-11,14H,12-13H2,1-3H3,(H2,22,24,25);1H. The van der Waals surface area contributed by atoms with Crippen molar-refractivity contribution in [1.82, 2.24) is 20.2 Å². The fourth-order valence-corrected chi connectivity index (χ4v) is 3.60. The Morgan fingerprint density at radius 3 is 2.75 bits per heavy atom. The van der Waals surface area contributed by atoms with Crippen molar-refractivity contribution >= 4 is 41.3 Å². The summed E-state index contributed by atoms with van der Waals surface area (Å²) >= 11 is 1.75. The van der Waals surface area contributed by atoms with Crippen molar-refractivity contribution in [2.45, 2.75) is 26.3 Å². The number of nitrogens with zero attached hydrogens (tertiary/aromatic N) is 3. The first-order valence-corrected chi connectivity index (χ1v) is 9.73. The molecule has 0 bridgehead atoms. The first kappa shape index (κ1) is 22.4. The van der Waals surface area contributed by atoms with Crippen LogP contribution in [0, 0.1) is 12.7 Å². The molecule has 0 saturated carbocycles. The predicted octanol–water partition coefficient (Wildman–Crippen LogP) is 4.47. The minimum Gasteiger partial charge on any atom is -0.356 e. The number of nitrogens with one attached hydrogen (secondary N) is 2. The van der Waals surface area contributed by atoms with E-state index in [1.807, 2.05) is 13.0 Å². The number of benzene rings is 1. The molecule has 0 aliphatic rings. The van der Waals surface area contributed by atoms with E-state index in [4.69, 9.17) is 0 Å². The summed E-state index contributed by atoms with van der Waals surface area (Å²) in [5.74, 6) is 1.58. The first-order valence-electron chi connectivity index (χ1n) is 8.85. The molecule has 150 valence electrons. The van der Waals surface area contributed by atoms with E-state index in [0.29, 0.717) is 24.1 Å². The monoisotopic (exact) mass is 513 g/mol. The summed E-state index contributed by atoms with van der Waals surface area (Å²) in [6.07, 6.45) is 3.42. The minimum absolute atomic E-state index is 0. The van der Waals surface area contributed by atoms with Crippen molar-refractivity contribution in [2.75, 3.05) is 13.6 Å². The van der Waals surface area contributed by atoms with Gasteiger partial charge in [0.2, 0.25) is 0 Å². The summed E-state index contributed by atoms with van der Waals surface area (Å²) in [6.45, 7) is 5.31. The van der Waals surface area contributed by atoms with Crippen molar-refractivity contribution in [3.63, 3.8) is 0 Å². The van der Waals surface area contributed by atoms with Crippen LogP contribution in [0.25, 0.3) is 5.69 Å². The lowest BCUT2D eigenvalue weighted by atomic mass is 10.1. The van der Waals surface area contributed by atoms with Crippen LogP contribution in [-0.4, -0.2) is 29.1 Å². The zero-order chi connectivity index (χ0) is 19.2. The number of rotatable bonds is 6. The number of aromatic nitrogens is 2. The fraction of sp³-hybridized carbons (Fsp3) is 0.300. The molecule has 3 rings (SSSR count). The summed E-state index contributed by atoms with van der Waals surface area (Å²) in [6, 6.07) is 9.43. The Kier molecular flexibility index (Phi) is 8.43. The maximum Gasteiger partial charge on any atom is 0.191 e. The molecular weight excluding hydrogens is 488 g/mol. The number of aryl methyl sites for hydroxylation is 1. The second-order valence-electron chi connectivity index (χ2n) is 6.35. The Morgan fingerprint density at radius 2 is 2.14 bits per heavy atom. The Balaban J connectivity index is 0.00000280. The lowest BCUT2D eigenvalue weighted by Gasteiger charge is -2.15. The van der Waals surface area contributed by atoms with E-state index >= 15 is 0 Å². The van der Waals surface area contributed by atoms with Gasteiger partial charge in [-0.25, -0.2) is 9.37 Å². The number of hydrogen-bond acceptors (Lipinski definition) is 3. The Labute approximate surface area is 186 Å². The molecule has 0 spiro atoms. The molecule has 28 heavy (non-hydrogen) atoms. The average Bonchev–Trinajstić information content (AvgIpc) is 3.34. The van der Waals surface area contributed by atoms with Crippen molar-refractivity contribution < 1.29 is 4.39 Å². The molecule has 1 atom stereocenters. The van der Waals surface area contributed by atoms with E-state index in [9.17, 15) is 4.39 Å². The molecule has 0 amide bonds. The van der Waals surface area contributed by atoms with E-state index in [0.717, 1.165) is 17.9 Å². The second-order valence-corrected chi connectivity index (χ2v) is 7.33. The molecule has 2 heterocycles. The normalized spacial score (nSPS) is 12.4. The maximum atomic E-state index is 14.5. The van der Waals surface area contributed by atoms with Gasteiger partial charge < -0.3 is 15.2 Å². The van der Waals surface area contributed by atoms with E-state index in [1.54, 1.807) is 47.5 Å². The number of aliphatic imine (C=N–C) groups is 1. The fourth-order valence-electron chi connectivity index (χ4n) is 2.82. The summed E-state index contributed by atoms with van der Waals surface area (Å²) < 4.78 is 16.2. The van der Waals surface area contributed by atoms with Crippen LogP contribution in [-0.2, 0) is 6.54 Å². The van der Waals surface area contributed by atoms with Gasteiger partial charge in [-0.3, -0.25) is 4.99 Å². The molecule has 2 N–H and O–H groups in total. The SMILES string of the molecule is CN=C(NCc1ccc(-n2ccnc2C)c(F)c1)NCC(C)c1cccs1.I. The molecule has 5 nitrogen and oxygen atoms in total. The zero-order valence-electron chi connectivity index (χ0n) is 16.1. The number of imidazole rings is 1. The van der Waals surface area contributed by atoms with Gasteiger partial charge in [0, 0.05) is 43.3 Å². The van der Waals surface area contributed by atoms with Gasteiger partial charge in [-0.2, -0.15) is 0 Å². The molecule has 0 aliphatic carbocycles. The maximum absolute atomic E-state index is 14.5. The van der Waals surface area contributed by atoms with Crippen LogP contribution < -0.4 is 10.6 Å². The lowest BCUT2D eigenvalue weighted by molar-refractivity contribution is 0.613. The highest BCUT2D eigenvalue weighted by molar-refractivity contribution is 14.0. The summed E-state index contributed by atoms with van der Waals surface area (Å²) in [5.41, 5.74) is 1.35. The van der Waals surface area contributed by atoms with Gasteiger partial charge in [-0.05, 0) is 36.1 Å². The van der Waals surface area contributed by atoms with Crippen LogP contribution in [0.5, 0.6) is 0 Å². The van der Waals surface area contributed by atoms with Gasteiger partial charge >= 0.3 is 0 Å². The van der Waals surface area contributed by atoms with Gasteiger partial charge in [-0.15, -0.1) is 35.3 Å². The molecule has 0 radical (unpaired) electrons. The van der Waals surface area contributed by atoms with Crippen molar-refractivity contribution in [1.29, 1.82) is 0 Å². The van der Waals surface area contributed by atoms with E-state index < -0.39 is 0 Å². The Bertz CT molecular complexity index is 907. The number of thiophene rings is 1. The number of halogens is 2. The molecule has 3 aromatic rings. The Morgan fingerprint density at radius 1 is 1.32 bits per heavy atom. The highest BCUT2D eigenvalue weighted by atomic mass is 127. The average molecular weight is 513 g/mol. The summed E-state index contributed by atoms with van der Waals surface area (Å²) in [4.78, 5) is 9.72. The summed E-state index contributed by atoms with van der Waals surface area (Å²) in [7, 11) is 1.73. The van der Waals surface area contributed by atoms with Crippen LogP contribution >= 0.6 is 35.3 Å². The second kappa shape index (κ2) is 10.6. The van der Waals surface area contributed by atoms with Crippen LogP contribution in [0.15, 0.2) is 53.1 Å². The molecule has 1 aromatic carbocycles. The lowest BCUT2D eigenvalue weighted by Crippen LogP contribution is -2.38. The number of hydrogen-bond donors (Lipinski definition) is 2. The molecule has 1 unspecified atom stereocenters. The van der Waals surface area contributed by atoms with Crippen LogP contribution in [0.4, 0.5) is 4.39 Å². The molecule has 0 aliphatic heterocycles. The van der Waals surface area contributed by atoms with Gasteiger partial charge in [0.25, 0.3) is 0 Å². The predicted molar refractivity (Wildman–Crippen MR) is 125 cm³/mol. The summed E-state index contributed by atoms with van der Waals surface area (Å²) in [5, 5.41) is 8.64. The molecule has 8 heteroatoms. The van der Waals surface area contributed by atoms with Crippen LogP contribution in [0.3, 0.4) is 0 Å². The van der Waals surface area contributed by atoms with Crippen molar-refractivity contribution in [3.05, 3.63) is 70.2 Å². The Hall–Kier alpha value is -1.94. The largest absolute Gasteiger partial charge is 0.356 e. The third kappa shape index (κ3) is 5.54. The molecule has 0 saturated heterocycles. The first-order chi connectivity index (χ1) is 13.1. The number of guanidine groups is 1. The zero-order valence-corrected chi connectivity index (χ0v) is 19.3. The van der Waals surface area contributed by atoms with Gasteiger partial charge in [0.1, 0.15) is 11.6 Å². The smallest absolute Gasteiger partial charge is 0.191 e. The van der Waals surface area contributed by atoms with E-state index in [1.165, 1.54) is 4.88 Å². The van der Waals surface area contributed by atoms with Crippen LogP contribution in [0.1, 0.15) is 29.1 Å². The molecule has 0 fully saturated rings. The third-order valence-corrected chi connectivity index (χ3v) is 5.49. The van der Waals surface area contributed by atoms with Gasteiger partial charge in [-0.1, -0.05) is 19.1 Å². The molecular formula is C20H25FIN5S. The van der Waals surface area contributed by atoms with E-state index in [2.05, 4.69) is 45.0 Å². The highest BCUT2D eigenvalue weighted by Gasteiger charge is 2.10. The van der Waals surface area contributed by atoms with Crippen molar-refractivity contribution in [2.24, 2.45) is 4.99 Å². The highest BCUT2D eigenvalue weighted by Crippen LogP contribution is 2.19. The van der Waals surface area contributed by atoms with Gasteiger partial charge in [0.05, 0.1) is 5.69 Å².